The molecule has 2 atom stereocenters. The zero-order valence-electron chi connectivity index (χ0n) is 19.9. The van der Waals surface area contributed by atoms with Crippen LogP contribution in [-0.2, 0) is 25.7 Å². The van der Waals surface area contributed by atoms with Crippen LogP contribution in [0.15, 0.2) is 24.3 Å². The number of rotatable bonds is 6. The highest BCUT2D eigenvalue weighted by molar-refractivity contribution is 5.47. The fourth-order valence-corrected chi connectivity index (χ4v) is 5.70. The maximum Gasteiger partial charge on any atom is 0.0628 e. The summed E-state index contributed by atoms with van der Waals surface area (Å²) in [6.07, 6.45) is 8.87. The number of aryl methyl sites for hydroxylation is 4. The molecule has 34 heavy (non-hydrogen) atoms. The van der Waals surface area contributed by atoms with Gasteiger partial charge in [-0.2, -0.15) is 10.5 Å². The largest absolute Gasteiger partial charge is 0.396 e. The summed E-state index contributed by atoms with van der Waals surface area (Å²) in [5.74, 6) is 0.892. The van der Waals surface area contributed by atoms with Gasteiger partial charge in [0.1, 0.15) is 0 Å². The Morgan fingerprint density at radius 2 is 1.24 bits per heavy atom. The molecule has 0 spiro atoms. The van der Waals surface area contributed by atoms with Gasteiger partial charge in [-0.25, -0.2) is 0 Å². The van der Waals surface area contributed by atoms with Gasteiger partial charge < -0.3 is 5.11 Å². The molecule has 3 nitrogen and oxygen atoms in total. The molecule has 2 aromatic rings. The van der Waals surface area contributed by atoms with Gasteiger partial charge in [0.2, 0.25) is 0 Å². The maximum absolute atomic E-state index is 9.13. The van der Waals surface area contributed by atoms with Crippen LogP contribution in [0, 0.1) is 36.5 Å². The summed E-state index contributed by atoms with van der Waals surface area (Å²) in [6, 6.07) is 13.5. The van der Waals surface area contributed by atoms with Crippen LogP contribution in [0.25, 0.3) is 0 Å². The first kappa shape index (κ1) is 29.4. The molecule has 0 aromatic heterocycles. The molecule has 2 aliphatic rings. The molecule has 0 unspecified atom stereocenters. The molecule has 0 saturated heterocycles. The predicted octanol–water partition coefficient (Wildman–Crippen LogP) is 7.64. The quantitative estimate of drug-likeness (QED) is 0.481. The van der Waals surface area contributed by atoms with E-state index < -0.39 is 0 Å². The van der Waals surface area contributed by atoms with Crippen molar-refractivity contribution >= 4 is 0 Å². The van der Waals surface area contributed by atoms with Crippen LogP contribution in [0.1, 0.15) is 110 Å². The van der Waals surface area contributed by atoms with Crippen LogP contribution in [0.3, 0.4) is 0 Å². The highest BCUT2D eigenvalue weighted by Crippen LogP contribution is 2.40. The van der Waals surface area contributed by atoms with Crippen molar-refractivity contribution in [1.82, 2.24) is 0 Å². The molecule has 0 bridgehead atoms. The second kappa shape index (κ2) is 13.9. The summed E-state index contributed by atoms with van der Waals surface area (Å²) >= 11 is 0. The molecule has 0 radical (unpaired) electrons. The molecule has 0 fully saturated rings. The first-order valence-electron chi connectivity index (χ1n) is 12.1. The molecule has 4 rings (SSSR count). The Kier molecular flexibility index (Phi) is 12.1. The van der Waals surface area contributed by atoms with Gasteiger partial charge in [0.05, 0.1) is 12.1 Å². The maximum atomic E-state index is 9.13. The average molecular weight is 461 g/mol. The third-order valence-electron chi connectivity index (χ3n) is 7.24. The van der Waals surface area contributed by atoms with Crippen molar-refractivity contribution in [1.29, 1.82) is 10.5 Å². The van der Waals surface area contributed by atoms with Crippen molar-refractivity contribution in [3.05, 3.63) is 68.8 Å². The van der Waals surface area contributed by atoms with E-state index in [1.54, 1.807) is 0 Å². The number of nitrogens with zero attached hydrogens (tertiary/aromatic N) is 2. The number of benzene rings is 2. The average Bonchev–Trinajstić information content (AvgIpc) is 3.38. The molecule has 0 saturated carbocycles. The number of aliphatic hydroxyl groups is 1. The number of aliphatic hydroxyl groups excluding tert-OH is 1. The van der Waals surface area contributed by atoms with E-state index in [0.717, 1.165) is 25.7 Å². The molecule has 184 valence electrons. The molecular weight excluding hydrogens is 416 g/mol. The van der Waals surface area contributed by atoms with Gasteiger partial charge >= 0.3 is 0 Å². The first-order valence-corrected chi connectivity index (χ1v) is 12.1. The van der Waals surface area contributed by atoms with Crippen LogP contribution in [-0.4, -0.2) is 11.7 Å². The zero-order valence-corrected chi connectivity index (χ0v) is 19.9. The van der Waals surface area contributed by atoms with Crippen molar-refractivity contribution in [3.63, 3.8) is 0 Å². The normalized spacial score (nSPS) is 17.1. The molecule has 0 heterocycles. The van der Waals surface area contributed by atoms with Gasteiger partial charge in [-0.3, -0.25) is 0 Å². The molecule has 0 amide bonds. The Bertz CT molecular complexity index is 942. The minimum Gasteiger partial charge on any atom is -0.396 e. The second-order valence-electron chi connectivity index (χ2n) is 9.29. The third kappa shape index (κ3) is 6.28. The molecule has 2 aromatic carbocycles. The summed E-state index contributed by atoms with van der Waals surface area (Å²) in [5, 5.41) is 26.9. The highest BCUT2D eigenvalue weighted by atomic mass is 16.2. The second-order valence-corrected chi connectivity index (χ2v) is 9.29. The van der Waals surface area contributed by atoms with E-state index in [4.69, 9.17) is 15.6 Å². The van der Waals surface area contributed by atoms with Crippen LogP contribution < -0.4 is 0 Å². The van der Waals surface area contributed by atoms with E-state index in [2.05, 4.69) is 57.2 Å². The van der Waals surface area contributed by atoms with Crippen molar-refractivity contribution in [3.8, 4) is 12.1 Å². The van der Waals surface area contributed by atoms with Crippen molar-refractivity contribution in [2.24, 2.45) is 0 Å². The minimum atomic E-state index is 0. The van der Waals surface area contributed by atoms with Gasteiger partial charge in [-0.15, -0.1) is 0 Å². The van der Waals surface area contributed by atoms with Crippen molar-refractivity contribution in [2.45, 2.75) is 105 Å². The number of nitriles is 2. The summed E-state index contributed by atoms with van der Waals surface area (Å²) in [5.41, 5.74) is 11.2. The lowest BCUT2D eigenvalue weighted by Crippen LogP contribution is -2.03. The van der Waals surface area contributed by atoms with Gasteiger partial charge in [0.15, 0.2) is 0 Å². The highest BCUT2D eigenvalue weighted by Gasteiger charge is 2.26. The van der Waals surface area contributed by atoms with E-state index in [9.17, 15) is 0 Å². The summed E-state index contributed by atoms with van der Waals surface area (Å²) in [4.78, 5) is 0. The Morgan fingerprint density at radius 1 is 0.794 bits per heavy atom. The lowest BCUT2D eigenvalue weighted by atomic mass is 9.89. The summed E-state index contributed by atoms with van der Waals surface area (Å²) < 4.78 is 0. The molecule has 3 heteroatoms. The Labute approximate surface area is 208 Å². The monoisotopic (exact) mass is 460 g/mol. The fourth-order valence-electron chi connectivity index (χ4n) is 5.70. The van der Waals surface area contributed by atoms with Gasteiger partial charge in [0.25, 0.3) is 0 Å². The van der Waals surface area contributed by atoms with E-state index in [1.807, 2.05) is 0 Å². The lowest BCUT2D eigenvalue weighted by Gasteiger charge is -2.15. The topological polar surface area (TPSA) is 67.8 Å². The van der Waals surface area contributed by atoms with Crippen LogP contribution >= 0.6 is 0 Å². The number of hydrogen-bond acceptors (Lipinski definition) is 3. The van der Waals surface area contributed by atoms with E-state index in [1.165, 1.54) is 63.8 Å². The number of hydrogen-bond donors (Lipinski definition) is 1. The Balaban J connectivity index is 0.000000321. The van der Waals surface area contributed by atoms with E-state index >= 15 is 0 Å². The SMILES string of the molecule is C.C.CCCc1c(C)ccc2c1[C@H](CC#N)CC2.Cc1ccc2c(c1CCO)[C@H](CC#N)CC2. The number of fused-ring (bicyclic) bond motifs is 2. The van der Waals surface area contributed by atoms with E-state index in [-0.39, 0.29) is 21.5 Å². The summed E-state index contributed by atoms with van der Waals surface area (Å²) in [7, 11) is 0. The standard InChI is InChI=1S/C15H19N.C14H17NO.2CH4/c1-3-4-14-11(2)5-6-12-7-8-13(9-10-16)15(12)14;1-10-2-3-11-4-5-12(6-8-15)14(11)13(10)7-9-16;;/h5-6,13H,3-4,7-9H2,1-2H3;2-3,12,16H,4-7,9H2,1H3;2*1H4/t13-;12-;;/m00../s1. The van der Waals surface area contributed by atoms with Crippen molar-refractivity contribution < 1.29 is 5.11 Å². The smallest absolute Gasteiger partial charge is 0.0628 e. The third-order valence-corrected chi connectivity index (χ3v) is 7.24. The Hall–Kier alpha value is -2.62. The zero-order chi connectivity index (χ0) is 23.1. The van der Waals surface area contributed by atoms with Gasteiger partial charge in [0, 0.05) is 19.4 Å². The molecule has 2 aliphatic carbocycles. The Morgan fingerprint density at radius 3 is 1.62 bits per heavy atom. The first-order chi connectivity index (χ1) is 15.5. The lowest BCUT2D eigenvalue weighted by molar-refractivity contribution is 0.299. The van der Waals surface area contributed by atoms with Crippen LogP contribution in [0.2, 0.25) is 0 Å². The van der Waals surface area contributed by atoms with E-state index in [0.29, 0.717) is 24.7 Å². The van der Waals surface area contributed by atoms with Crippen molar-refractivity contribution in [2.75, 3.05) is 6.61 Å². The minimum absolute atomic E-state index is 0. The molecular formula is C31H44N2O. The fraction of sp³-hybridized carbons (Fsp3) is 0.548. The summed E-state index contributed by atoms with van der Waals surface area (Å²) in [6.45, 7) is 6.71. The van der Waals surface area contributed by atoms with Gasteiger partial charge in [-0.1, -0.05) is 52.5 Å². The predicted molar refractivity (Wildman–Crippen MR) is 143 cm³/mol. The van der Waals surface area contributed by atoms with Crippen LogP contribution in [0.5, 0.6) is 0 Å². The van der Waals surface area contributed by atoms with Gasteiger partial charge in [-0.05, 0) is 109 Å². The van der Waals surface area contributed by atoms with Crippen LogP contribution in [0.4, 0.5) is 0 Å². The molecule has 1 N–H and O–H groups in total. The molecule has 0 aliphatic heterocycles.